The molecule has 0 aliphatic heterocycles. The van der Waals surface area contributed by atoms with Crippen LogP contribution in [0.15, 0.2) is 140 Å². The fraction of sp³-hybridized carbons (Fsp3) is 0. The van der Waals surface area contributed by atoms with E-state index >= 15 is 0 Å². The molecule has 3 nitrogen and oxygen atoms in total. The smallest absolute Gasteiger partial charge is 0.145 e. The molecule has 8 rings (SSSR count). The van der Waals surface area contributed by atoms with Gasteiger partial charge in [0.2, 0.25) is 0 Å². The molecule has 0 aliphatic rings. The normalized spacial score (nSPS) is 11.7. The van der Waals surface area contributed by atoms with Gasteiger partial charge >= 0.3 is 0 Å². The minimum atomic E-state index is 0.979. The zero-order chi connectivity index (χ0) is 25.1. The van der Waals surface area contributed by atoms with E-state index in [0.29, 0.717) is 0 Å². The first-order chi connectivity index (χ1) is 18.9. The summed E-state index contributed by atoms with van der Waals surface area (Å²) >= 11 is 0. The second-order valence-corrected chi connectivity index (χ2v) is 9.70. The Morgan fingerprint density at radius 2 is 1.00 bits per heavy atom. The summed E-state index contributed by atoms with van der Waals surface area (Å²) in [5, 5.41) is 4.89. The third-order valence-electron chi connectivity index (χ3n) is 7.56. The van der Waals surface area contributed by atoms with Crippen LogP contribution in [-0.2, 0) is 0 Å². The lowest BCUT2D eigenvalue weighted by Crippen LogP contribution is -1.95. The zero-order valence-corrected chi connectivity index (χ0v) is 20.6. The number of hydrogen-bond acceptors (Lipinski definition) is 1. The first-order valence-electron chi connectivity index (χ1n) is 12.9. The highest BCUT2D eigenvalue weighted by atomic mass is 15.0. The fourth-order valence-electron chi connectivity index (χ4n) is 5.87. The second-order valence-electron chi connectivity index (χ2n) is 9.70. The van der Waals surface area contributed by atoms with E-state index in [1.165, 1.54) is 49.4 Å². The van der Waals surface area contributed by atoms with Crippen LogP contribution < -0.4 is 0 Å². The molecule has 0 atom stereocenters. The molecule has 3 heteroatoms. The molecule has 0 N–H and O–H groups in total. The average molecular weight is 486 g/mol. The van der Waals surface area contributed by atoms with Crippen molar-refractivity contribution in [1.29, 1.82) is 0 Å². The van der Waals surface area contributed by atoms with Crippen LogP contribution in [0.1, 0.15) is 0 Å². The van der Waals surface area contributed by atoms with Gasteiger partial charge < -0.3 is 4.57 Å². The van der Waals surface area contributed by atoms with Crippen molar-refractivity contribution < 1.29 is 0 Å². The minimum absolute atomic E-state index is 0.979. The van der Waals surface area contributed by atoms with Gasteiger partial charge in [-0.05, 0) is 71.8 Å². The third-order valence-corrected chi connectivity index (χ3v) is 7.56. The molecule has 0 amide bonds. The van der Waals surface area contributed by atoms with Crippen LogP contribution >= 0.6 is 0 Å². The summed E-state index contributed by atoms with van der Waals surface area (Å²) in [5.74, 6) is 0. The third kappa shape index (κ3) is 3.06. The van der Waals surface area contributed by atoms with E-state index < -0.39 is 0 Å². The Kier molecular flexibility index (Phi) is 4.52. The Bertz CT molecular complexity index is 2120. The number of pyridine rings is 1. The van der Waals surface area contributed by atoms with E-state index in [4.69, 9.17) is 4.98 Å². The van der Waals surface area contributed by atoms with E-state index in [1.54, 1.807) is 0 Å². The van der Waals surface area contributed by atoms with E-state index in [9.17, 15) is 0 Å². The van der Waals surface area contributed by atoms with E-state index in [2.05, 4.69) is 137 Å². The molecule has 8 aromatic rings. The number of rotatable bonds is 3. The number of aromatic nitrogens is 3. The van der Waals surface area contributed by atoms with Crippen molar-refractivity contribution in [3.05, 3.63) is 140 Å². The Hall–Kier alpha value is -5.15. The van der Waals surface area contributed by atoms with Gasteiger partial charge in [0.25, 0.3) is 0 Å². The quantitative estimate of drug-likeness (QED) is 0.245. The molecule has 5 aromatic carbocycles. The first-order valence-corrected chi connectivity index (χ1v) is 12.9. The molecule has 0 spiro atoms. The Morgan fingerprint density at radius 1 is 0.395 bits per heavy atom. The molecule has 3 heterocycles. The van der Waals surface area contributed by atoms with Crippen molar-refractivity contribution in [3.8, 4) is 22.5 Å². The van der Waals surface area contributed by atoms with Gasteiger partial charge in [0, 0.05) is 39.1 Å². The Balaban J connectivity index is 1.38. The highest BCUT2D eigenvalue weighted by Gasteiger charge is 2.16. The lowest BCUT2D eigenvalue weighted by Gasteiger charge is -2.09. The van der Waals surface area contributed by atoms with Gasteiger partial charge in [0.15, 0.2) is 0 Å². The molecule has 3 aromatic heterocycles. The van der Waals surface area contributed by atoms with Crippen LogP contribution in [0, 0.1) is 0 Å². The SMILES string of the molecule is c1ccc(-n2c3ccccc3c3cc(-c4ccc5c6cccnc6n(-c6ccccc6)c5c4)ccc32)cc1. The highest BCUT2D eigenvalue weighted by Crippen LogP contribution is 2.37. The lowest BCUT2D eigenvalue weighted by atomic mass is 10.0. The largest absolute Gasteiger partial charge is 0.309 e. The Morgan fingerprint density at radius 3 is 1.82 bits per heavy atom. The maximum Gasteiger partial charge on any atom is 0.145 e. The van der Waals surface area contributed by atoms with Gasteiger partial charge in [-0.1, -0.05) is 72.8 Å². The standard InChI is InChI=1S/C35H23N3/c1-3-10-26(11-4-1)37-32-16-8-7-14-28(32)31-22-24(18-20-33(31)37)25-17-19-29-30-15-9-21-36-35(30)38(34(29)23-25)27-12-5-2-6-13-27/h1-23H. The topological polar surface area (TPSA) is 22.8 Å². The zero-order valence-electron chi connectivity index (χ0n) is 20.6. The first kappa shape index (κ1) is 21.0. The van der Waals surface area contributed by atoms with Gasteiger partial charge in [-0.3, -0.25) is 4.57 Å². The van der Waals surface area contributed by atoms with Gasteiger partial charge in [-0.25, -0.2) is 4.98 Å². The summed E-state index contributed by atoms with van der Waals surface area (Å²) < 4.78 is 4.63. The lowest BCUT2D eigenvalue weighted by molar-refractivity contribution is 1.14. The molecule has 38 heavy (non-hydrogen) atoms. The van der Waals surface area contributed by atoms with Crippen LogP contribution in [-0.4, -0.2) is 14.1 Å². The van der Waals surface area contributed by atoms with Gasteiger partial charge in [-0.2, -0.15) is 0 Å². The number of benzene rings is 5. The van der Waals surface area contributed by atoms with Crippen LogP contribution in [0.25, 0.3) is 66.2 Å². The molecular weight excluding hydrogens is 462 g/mol. The molecule has 0 radical (unpaired) electrons. The van der Waals surface area contributed by atoms with Crippen molar-refractivity contribution in [3.63, 3.8) is 0 Å². The minimum Gasteiger partial charge on any atom is -0.309 e. The van der Waals surface area contributed by atoms with Crippen LogP contribution in [0.2, 0.25) is 0 Å². The predicted molar refractivity (Wildman–Crippen MR) is 158 cm³/mol. The highest BCUT2D eigenvalue weighted by molar-refractivity contribution is 6.11. The molecule has 0 aliphatic carbocycles. The number of hydrogen-bond donors (Lipinski definition) is 0. The maximum absolute atomic E-state index is 4.76. The summed E-state index contributed by atoms with van der Waals surface area (Å²) in [4.78, 5) is 4.76. The molecule has 0 saturated carbocycles. The number of para-hydroxylation sites is 3. The maximum atomic E-state index is 4.76. The summed E-state index contributed by atoms with van der Waals surface area (Å²) in [6.07, 6.45) is 1.87. The Labute approximate surface area is 219 Å². The van der Waals surface area contributed by atoms with E-state index in [1.807, 2.05) is 12.3 Å². The van der Waals surface area contributed by atoms with E-state index in [0.717, 1.165) is 16.9 Å². The molecular formula is C35H23N3. The second kappa shape index (κ2) is 8.19. The van der Waals surface area contributed by atoms with E-state index in [-0.39, 0.29) is 0 Å². The summed E-state index contributed by atoms with van der Waals surface area (Å²) in [7, 11) is 0. The molecule has 0 fully saturated rings. The van der Waals surface area contributed by atoms with Crippen molar-refractivity contribution in [2.45, 2.75) is 0 Å². The van der Waals surface area contributed by atoms with Gasteiger partial charge in [0.05, 0.1) is 16.6 Å². The summed E-state index contributed by atoms with van der Waals surface area (Å²) in [6.45, 7) is 0. The van der Waals surface area contributed by atoms with Crippen molar-refractivity contribution >= 4 is 43.7 Å². The monoisotopic (exact) mass is 485 g/mol. The van der Waals surface area contributed by atoms with Crippen molar-refractivity contribution in [1.82, 2.24) is 14.1 Å². The fourth-order valence-corrected chi connectivity index (χ4v) is 5.87. The van der Waals surface area contributed by atoms with Crippen LogP contribution in [0.5, 0.6) is 0 Å². The predicted octanol–water partition coefficient (Wildman–Crippen LogP) is 8.94. The molecule has 0 saturated heterocycles. The van der Waals surface area contributed by atoms with Crippen LogP contribution in [0.3, 0.4) is 0 Å². The van der Waals surface area contributed by atoms with Crippen molar-refractivity contribution in [2.24, 2.45) is 0 Å². The number of nitrogens with zero attached hydrogens (tertiary/aromatic N) is 3. The molecule has 0 unspecified atom stereocenters. The van der Waals surface area contributed by atoms with Crippen molar-refractivity contribution in [2.75, 3.05) is 0 Å². The number of fused-ring (bicyclic) bond motifs is 6. The summed E-state index contributed by atoms with van der Waals surface area (Å²) in [6, 6.07) is 47.6. The van der Waals surface area contributed by atoms with Crippen LogP contribution in [0.4, 0.5) is 0 Å². The molecule has 178 valence electrons. The van der Waals surface area contributed by atoms with Gasteiger partial charge in [0.1, 0.15) is 5.65 Å². The average Bonchev–Trinajstić information content (AvgIpc) is 3.50. The summed E-state index contributed by atoms with van der Waals surface area (Å²) in [5.41, 5.74) is 9.25. The molecule has 0 bridgehead atoms. The van der Waals surface area contributed by atoms with Gasteiger partial charge in [-0.15, -0.1) is 0 Å².